The lowest BCUT2D eigenvalue weighted by Gasteiger charge is -2.48. The van der Waals surface area contributed by atoms with Crippen LogP contribution in [0.25, 0.3) is 0 Å². The molecule has 0 bridgehead atoms. The predicted octanol–water partition coefficient (Wildman–Crippen LogP) is 2.13. The number of ether oxygens (including phenoxy) is 2. The van der Waals surface area contributed by atoms with Gasteiger partial charge in [-0.2, -0.15) is 0 Å². The van der Waals surface area contributed by atoms with Gasteiger partial charge in [0.05, 0.1) is 24.4 Å². The Bertz CT molecular complexity index is 550. The van der Waals surface area contributed by atoms with Crippen LogP contribution in [0.2, 0.25) is 0 Å². The fourth-order valence-electron chi connectivity index (χ4n) is 3.73. The summed E-state index contributed by atoms with van der Waals surface area (Å²) in [5.41, 5.74) is 0.160. The Labute approximate surface area is 143 Å². The number of benzene rings is 1. The summed E-state index contributed by atoms with van der Waals surface area (Å²) in [4.78, 5) is 14.1. The number of hydrogen-bond donors (Lipinski definition) is 1. The van der Waals surface area contributed by atoms with E-state index in [1.165, 1.54) is 0 Å². The van der Waals surface area contributed by atoms with Crippen LogP contribution in [-0.4, -0.2) is 53.4 Å². The third-order valence-corrected chi connectivity index (χ3v) is 5.12. The second-order valence-electron chi connectivity index (χ2n) is 7.31. The molecule has 1 unspecified atom stereocenters. The molecule has 132 valence electrons. The van der Waals surface area contributed by atoms with Crippen molar-refractivity contribution in [1.82, 2.24) is 4.90 Å². The first-order valence-corrected chi connectivity index (χ1v) is 8.74. The molecule has 5 nitrogen and oxygen atoms in total. The molecule has 1 aromatic rings. The molecule has 1 aromatic carbocycles. The molecular weight excluding hydrogens is 306 g/mol. The van der Waals surface area contributed by atoms with E-state index in [0.29, 0.717) is 39.1 Å². The van der Waals surface area contributed by atoms with Gasteiger partial charge in [-0.3, -0.25) is 4.79 Å². The third kappa shape index (κ3) is 4.35. The fraction of sp³-hybridized carbons (Fsp3) is 0.632. The van der Waals surface area contributed by atoms with Gasteiger partial charge in [-0.15, -0.1) is 0 Å². The van der Waals surface area contributed by atoms with Crippen molar-refractivity contribution in [3.05, 3.63) is 35.9 Å². The van der Waals surface area contributed by atoms with Gasteiger partial charge in [0.25, 0.3) is 0 Å². The zero-order valence-electron chi connectivity index (χ0n) is 14.4. The number of piperidine rings is 1. The Morgan fingerprint density at radius 2 is 1.96 bits per heavy atom. The van der Waals surface area contributed by atoms with E-state index < -0.39 is 5.60 Å². The molecule has 0 radical (unpaired) electrons. The van der Waals surface area contributed by atoms with Crippen molar-refractivity contribution >= 4 is 5.91 Å². The molecule has 1 N–H and O–H groups in total. The van der Waals surface area contributed by atoms with Crippen LogP contribution in [-0.2, 0) is 20.9 Å². The summed E-state index contributed by atoms with van der Waals surface area (Å²) in [5, 5.41) is 10.3. The van der Waals surface area contributed by atoms with E-state index in [9.17, 15) is 9.90 Å². The van der Waals surface area contributed by atoms with Gasteiger partial charge < -0.3 is 19.5 Å². The molecule has 24 heavy (non-hydrogen) atoms. The van der Waals surface area contributed by atoms with E-state index >= 15 is 0 Å². The minimum atomic E-state index is -0.650. The zero-order valence-corrected chi connectivity index (χ0v) is 14.4. The Balaban J connectivity index is 1.43. The van der Waals surface area contributed by atoms with Crippen molar-refractivity contribution in [3.63, 3.8) is 0 Å². The summed E-state index contributed by atoms with van der Waals surface area (Å²) in [6.07, 6.45) is 2.92. The minimum absolute atomic E-state index is 0.0309. The van der Waals surface area contributed by atoms with Crippen molar-refractivity contribution < 1.29 is 19.4 Å². The Hall–Kier alpha value is -1.43. The van der Waals surface area contributed by atoms with Crippen LogP contribution in [0.3, 0.4) is 0 Å². The van der Waals surface area contributed by atoms with E-state index in [1.807, 2.05) is 42.2 Å². The maximum Gasteiger partial charge on any atom is 0.248 e. The van der Waals surface area contributed by atoms with Gasteiger partial charge in [0, 0.05) is 19.5 Å². The average Bonchev–Trinajstić information content (AvgIpc) is 2.55. The van der Waals surface area contributed by atoms with Gasteiger partial charge in [-0.25, -0.2) is 0 Å². The number of nitrogens with zero attached hydrogens (tertiary/aromatic N) is 1. The maximum atomic E-state index is 12.3. The van der Waals surface area contributed by atoms with E-state index in [4.69, 9.17) is 9.47 Å². The summed E-state index contributed by atoms with van der Waals surface area (Å²) in [5.74, 6) is 0.0309. The molecule has 2 heterocycles. The smallest absolute Gasteiger partial charge is 0.248 e. The number of aliphatic hydroxyl groups is 1. The highest BCUT2D eigenvalue weighted by atomic mass is 16.5. The third-order valence-electron chi connectivity index (χ3n) is 5.12. The highest BCUT2D eigenvalue weighted by Crippen LogP contribution is 2.39. The number of rotatable bonds is 4. The topological polar surface area (TPSA) is 59.0 Å². The lowest BCUT2D eigenvalue weighted by atomic mass is 9.78. The Morgan fingerprint density at radius 1 is 1.25 bits per heavy atom. The molecule has 2 aliphatic heterocycles. The van der Waals surface area contributed by atoms with Crippen molar-refractivity contribution in [2.75, 3.05) is 26.3 Å². The molecule has 3 rings (SSSR count). The molecule has 0 aromatic heterocycles. The van der Waals surface area contributed by atoms with Crippen LogP contribution in [0.1, 0.15) is 38.2 Å². The van der Waals surface area contributed by atoms with Crippen molar-refractivity contribution in [1.29, 1.82) is 0 Å². The van der Waals surface area contributed by atoms with Gasteiger partial charge in [-0.1, -0.05) is 30.3 Å². The van der Waals surface area contributed by atoms with Crippen LogP contribution in [0.4, 0.5) is 0 Å². The van der Waals surface area contributed by atoms with Gasteiger partial charge >= 0.3 is 0 Å². The maximum absolute atomic E-state index is 12.3. The second kappa shape index (κ2) is 7.21. The first-order chi connectivity index (χ1) is 11.5. The molecule has 1 atom stereocenters. The molecule has 2 saturated heterocycles. The predicted molar refractivity (Wildman–Crippen MR) is 90.5 cm³/mol. The van der Waals surface area contributed by atoms with Crippen LogP contribution >= 0.6 is 0 Å². The van der Waals surface area contributed by atoms with Crippen molar-refractivity contribution in [2.24, 2.45) is 0 Å². The lowest BCUT2D eigenvalue weighted by Crippen LogP contribution is -2.54. The average molecular weight is 333 g/mol. The van der Waals surface area contributed by atoms with Crippen LogP contribution in [0.15, 0.2) is 30.3 Å². The van der Waals surface area contributed by atoms with E-state index in [2.05, 4.69) is 0 Å². The first-order valence-electron chi connectivity index (χ1n) is 8.74. The number of carbonyl (C=O) groups excluding carboxylic acids is 1. The molecule has 0 aliphatic carbocycles. The van der Waals surface area contributed by atoms with Gasteiger partial charge in [0.1, 0.15) is 6.61 Å². The molecule has 1 spiro atoms. The zero-order chi connectivity index (χ0) is 17.0. The number of likely N-dealkylation sites (tertiary alicyclic amines) is 1. The lowest BCUT2D eigenvalue weighted by molar-refractivity contribution is -0.176. The first kappa shape index (κ1) is 17.4. The molecule has 2 aliphatic rings. The number of amides is 1. The van der Waals surface area contributed by atoms with Gasteiger partial charge in [0.2, 0.25) is 5.91 Å². The monoisotopic (exact) mass is 333 g/mol. The SMILES string of the molecule is CC1(O)CCOC2(CCN(C(=O)COCc3ccccc3)CC2)C1. The second-order valence-corrected chi connectivity index (χ2v) is 7.31. The van der Waals surface area contributed by atoms with E-state index in [0.717, 1.165) is 18.4 Å². The standard InChI is InChI=1S/C19H27NO4/c1-18(22)9-12-24-19(15-18)7-10-20(11-8-19)17(21)14-23-13-16-5-3-2-4-6-16/h2-6,22H,7-15H2,1H3. The summed E-state index contributed by atoms with van der Waals surface area (Å²) in [6.45, 7) is 4.39. The molecule has 0 saturated carbocycles. The molecule has 2 fully saturated rings. The quantitative estimate of drug-likeness (QED) is 0.917. The fourth-order valence-corrected chi connectivity index (χ4v) is 3.73. The summed E-state index contributed by atoms with van der Waals surface area (Å²) >= 11 is 0. The van der Waals surface area contributed by atoms with Gasteiger partial charge in [0.15, 0.2) is 0 Å². The summed E-state index contributed by atoms with van der Waals surface area (Å²) < 4.78 is 11.5. The van der Waals surface area contributed by atoms with Crippen molar-refractivity contribution in [3.8, 4) is 0 Å². The summed E-state index contributed by atoms with van der Waals surface area (Å²) in [7, 11) is 0. The van der Waals surface area contributed by atoms with Gasteiger partial charge in [-0.05, 0) is 31.7 Å². The Morgan fingerprint density at radius 3 is 2.62 bits per heavy atom. The van der Waals surface area contributed by atoms with Crippen LogP contribution in [0.5, 0.6) is 0 Å². The number of hydrogen-bond acceptors (Lipinski definition) is 4. The summed E-state index contributed by atoms with van der Waals surface area (Å²) in [6, 6.07) is 9.86. The largest absolute Gasteiger partial charge is 0.390 e. The minimum Gasteiger partial charge on any atom is -0.390 e. The highest BCUT2D eigenvalue weighted by Gasteiger charge is 2.44. The van der Waals surface area contributed by atoms with E-state index in [1.54, 1.807) is 0 Å². The van der Waals surface area contributed by atoms with E-state index in [-0.39, 0.29) is 18.1 Å². The van der Waals surface area contributed by atoms with Crippen molar-refractivity contribution in [2.45, 2.75) is 50.4 Å². The highest BCUT2D eigenvalue weighted by molar-refractivity contribution is 5.77. The van der Waals surface area contributed by atoms with Crippen LogP contribution < -0.4 is 0 Å². The normalized spacial score (nSPS) is 26.5. The Kier molecular flexibility index (Phi) is 5.23. The molecular formula is C19H27NO4. The molecule has 1 amide bonds. The molecule has 5 heteroatoms. The van der Waals surface area contributed by atoms with Crippen LogP contribution in [0, 0.1) is 0 Å². The number of carbonyl (C=O) groups is 1.